The topological polar surface area (TPSA) is 73.9 Å². The monoisotopic (exact) mass is 369 g/mol. The van der Waals surface area contributed by atoms with Crippen molar-refractivity contribution in [3.8, 4) is 11.5 Å². The van der Waals surface area contributed by atoms with Gasteiger partial charge < -0.3 is 19.5 Å². The summed E-state index contributed by atoms with van der Waals surface area (Å²) < 4.78 is 16.3. The molecule has 6 heteroatoms. The Balaban J connectivity index is 1.88. The first kappa shape index (κ1) is 17.6. The minimum Gasteiger partial charge on any atom is -0.463 e. The van der Waals surface area contributed by atoms with E-state index >= 15 is 0 Å². The number of esters is 1. The maximum Gasteiger partial charge on any atom is 0.336 e. The van der Waals surface area contributed by atoms with Crippen molar-refractivity contribution < 1.29 is 23.8 Å². The van der Waals surface area contributed by atoms with Crippen LogP contribution in [0.2, 0.25) is 0 Å². The average molecular weight is 369 g/mol. The van der Waals surface area contributed by atoms with E-state index in [9.17, 15) is 9.59 Å². The van der Waals surface area contributed by atoms with Crippen molar-refractivity contribution in [1.82, 2.24) is 5.32 Å². The van der Waals surface area contributed by atoms with Gasteiger partial charge in [0.05, 0.1) is 12.2 Å². The number of dihydropyridines is 1. The van der Waals surface area contributed by atoms with Crippen molar-refractivity contribution in [1.29, 1.82) is 0 Å². The van der Waals surface area contributed by atoms with Crippen LogP contribution in [0.15, 0.2) is 40.7 Å². The number of ether oxygens (including phenoxy) is 3. The molecule has 0 saturated carbocycles. The number of hydrogen-bond donors (Lipinski definition) is 1. The second kappa shape index (κ2) is 7.10. The van der Waals surface area contributed by atoms with E-state index in [-0.39, 0.29) is 25.2 Å². The fourth-order valence-electron chi connectivity index (χ4n) is 4.05. The fourth-order valence-corrected chi connectivity index (χ4v) is 4.05. The molecule has 6 nitrogen and oxygen atoms in total. The summed E-state index contributed by atoms with van der Waals surface area (Å²) in [7, 11) is 0. The first-order valence-corrected chi connectivity index (χ1v) is 9.47. The van der Waals surface area contributed by atoms with Gasteiger partial charge in [-0.15, -0.1) is 0 Å². The lowest BCUT2D eigenvalue weighted by atomic mass is 9.75. The van der Waals surface area contributed by atoms with Crippen LogP contribution in [-0.2, 0) is 14.3 Å². The van der Waals surface area contributed by atoms with E-state index in [0.29, 0.717) is 35.5 Å². The summed E-state index contributed by atoms with van der Waals surface area (Å²) in [6.07, 6.45) is 2.78. The molecule has 0 amide bonds. The zero-order valence-electron chi connectivity index (χ0n) is 15.6. The second-order valence-electron chi connectivity index (χ2n) is 6.81. The van der Waals surface area contributed by atoms with Crippen LogP contribution in [0.5, 0.6) is 11.5 Å². The Kier molecular flexibility index (Phi) is 4.64. The van der Waals surface area contributed by atoms with Gasteiger partial charge in [-0.2, -0.15) is 0 Å². The summed E-state index contributed by atoms with van der Waals surface area (Å²) in [5, 5.41) is 3.36. The molecule has 4 rings (SSSR count). The Bertz CT molecular complexity index is 867. The van der Waals surface area contributed by atoms with Gasteiger partial charge in [0, 0.05) is 29.3 Å². The van der Waals surface area contributed by atoms with Gasteiger partial charge in [-0.1, -0.05) is 13.0 Å². The van der Waals surface area contributed by atoms with E-state index in [2.05, 4.69) is 5.32 Å². The largest absolute Gasteiger partial charge is 0.463 e. The van der Waals surface area contributed by atoms with Crippen LogP contribution in [0.4, 0.5) is 0 Å². The summed E-state index contributed by atoms with van der Waals surface area (Å²) in [5.74, 6) is 0.572. The molecule has 0 bridgehead atoms. The predicted octanol–water partition coefficient (Wildman–Crippen LogP) is 3.34. The molecular weight excluding hydrogens is 346 g/mol. The molecule has 1 N–H and O–H groups in total. The maximum atomic E-state index is 12.9. The molecule has 27 heavy (non-hydrogen) atoms. The molecule has 0 spiro atoms. The first-order valence-electron chi connectivity index (χ1n) is 9.47. The molecule has 1 aliphatic carbocycles. The Hall–Kier alpha value is -2.76. The van der Waals surface area contributed by atoms with Gasteiger partial charge >= 0.3 is 5.97 Å². The summed E-state index contributed by atoms with van der Waals surface area (Å²) in [6.45, 7) is 4.24. The summed E-state index contributed by atoms with van der Waals surface area (Å²) >= 11 is 0. The Labute approximate surface area is 158 Å². The number of hydrogen-bond acceptors (Lipinski definition) is 6. The van der Waals surface area contributed by atoms with Crippen LogP contribution in [-0.4, -0.2) is 25.2 Å². The first-order chi connectivity index (χ1) is 13.1. The standard InChI is InChI=1S/C21H23NO5/c1-3-13-20(21(24)25-4-2)18(19-14(22-13)6-5-7-15(19)23)12-8-9-16-17(10-12)27-11-26-16/h8-10,18,22H,3-7,11H2,1-2H3/t18-/m0/s1. The van der Waals surface area contributed by atoms with Gasteiger partial charge in [-0.05, 0) is 43.9 Å². The minimum absolute atomic E-state index is 0.0865. The van der Waals surface area contributed by atoms with Crippen molar-refractivity contribution in [2.75, 3.05) is 13.4 Å². The van der Waals surface area contributed by atoms with Crippen molar-refractivity contribution in [3.05, 3.63) is 46.3 Å². The maximum absolute atomic E-state index is 12.9. The van der Waals surface area contributed by atoms with E-state index in [4.69, 9.17) is 14.2 Å². The number of rotatable bonds is 4. The zero-order chi connectivity index (χ0) is 19.0. The number of carbonyl (C=O) groups excluding carboxylic acids is 2. The second-order valence-corrected chi connectivity index (χ2v) is 6.81. The van der Waals surface area contributed by atoms with Gasteiger partial charge in [0.1, 0.15) is 0 Å². The highest BCUT2D eigenvalue weighted by Crippen LogP contribution is 2.45. The van der Waals surface area contributed by atoms with E-state index in [1.54, 1.807) is 6.92 Å². The molecule has 1 aromatic rings. The van der Waals surface area contributed by atoms with Crippen LogP contribution in [0, 0.1) is 0 Å². The Morgan fingerprint density at radius 1 is 1.22 bits per heavy atom. The summed E-state index contributed by atoms with van der Waals surface area (Å²) in [5.41, 5.74) is 3.80. The molecule has 2 heterocycles. The molecule has 0 aromatic heterocycles. The quantitative estimate of drug-likeness (QED) is 0.821. The van der Waals surface area contributed by atoms with Crippen molar-refractivity contribution in [2.45, 2.75) is 45.4 Å². The fraction of sp³-hybridized carbons (Fsp3) is 0.429. The number of carbonyl (C=O) groups is 2. The SMILES string of the molecule is CCOC(=O)C1=C(CC)NC2=C(C(=O)CCC2)[C@@H]1c1ccc2c(c1)OCO2. The van der Waals surface area contributed by atoms with Gasteiger partial charge in [0.25, 0.3) is 0 Å². The normalized spacial score (nSPS) is 21.1. The number of Topliss-reactive ketones (excluding diaryl/α,β-unsaturated/α-hetero) is 1. The number of benzene rings is 1. The van der Waals surface area contributed by atoms with Crippen molar-refractivity contribution in [3.63, 3.8) is 0 Å². The van der Waals surface area contributed by atoms with Crippen LogP contribution in [0.1, 0.15) is 51.0 Å². The summed E-state index contributed by atoms with van der Waals surface area (Å²) in [4.78, 5) is 25.7. The van der Waals surface area contributed by atoms with Crippen LogP contribution < -0.4 is 14.8 Å². The van der Waals surface area contributed by atoms with Gasteiger partial charge in [0.2, 0.25) is 6.79 Å². The molecule has 0 unspecified atom stereocenters. The molecule has 142 valence electrons. The number of fused-ring (bicyclic) bond motifs is 1. The van der Waals surface area contributed by atoms with Crippen LogP contribution in [0.3, 0.4) is 0 Å². The molecule has 0 saturated heterocycles. The predicted molar refractivity (Wildman–Crippen MR) is 98.3 cm³/mol. The van der Waals surface area contributed by atoms with Gasteiger partial charge in [-0.25, -0.2) is 4.79 Å². The number of ketones is 1. The molecular formula is C21H23NO5. The highest BCUT2D eigenvalue weighted by Gasteiger charge is 2.40. The Morgan fingerprint density at radius 2 is 2.04 bits per heavy atom. The highest BCUT2D eigenvalue weighted by atomic mass is 16.7. The van der Waals surface area contributed by atoms with Crippen molar-refractivity contribution in [2.24, 2.45) is 0 Å². The van der Waals surface area contributed by atoms with Crippen LogP contribution in [0.25, 0.3) is 0 Å². The van der Waals surface area contributed by atoms with Crippen molar-refractivity contribution >= 4 is 11.8 Å². The van der Waals surface area contributed by atoms with Crippen LogP contribution >= 0.6 is 0 Å². The number of nitrogens with one attached hydrogen (secondary N) is 1. The van der Waals surface area contributed by atoms with E-state index in [1.165, 1.54) is 0 Å². The Morgan fingerprint density at radius 3 is 2.81 bits per heavy atom. The lowest BCUT2D eigenvalue weighted by Gasteiger charge is -2.34. The number of allylic oxidation sites excluding steroid dienone is 3. The lowest BCUT2D eigenvalue weighted by Crippen LogP contribution is -2.35. The van der Waals surface area contributed by atoms with E-state index < -0.39 is 5.92 Å². The molecule has 1 aromatic carbocycles. The minimum atomic E-state index is -0.447. The molecule has 0 radical (unpaired) electrons. The highest BCUT2D eigenvalue weighted by molar-refractivity contribution is 6.03. The molecule has 2 aliphatic heterocycles. The van der Waals surface area contributed by atoms with Gasteiger partial charge in [0.15, 0.2) is 17.3 Å². The average Bonchev–Trinajstić information content (AvgIpc) is 3.14. The third kappa shape index (κ3) is 2.99. The third-order valence-corrected chi connectivity index (χ3v) is 5.24. The molecule has 0 fully saturated rings. The zero-order valence-corrected chi connectivity index (χ0v) is 15.6. The van der Waals surface area contributed by atoms with Gasteiger partial charge in [-0.3, -0.25) is 4.79 Å². The molecule has 1 atom stereocenters. The molecule has 3 aliphatic rings. The van der Waals surface area contributed by atoms with E-state index in [1.807, 2.05) is 25.1 Å². The third-order valence-electron chi connectivity index (χ3n) is 5.24. The lowest BCUT2D eigenvalue weighted by molar-refractivity contribution is -0.138. The summed E-state index contributed by atoms with van der Waals surface area (Å²) in [6, 6.07) is 5.61. The smallest absolute Gasteiger partial charge is 0.336 e. The van der Waals surface area contributed by atoms with E-state index in [0.717, 1.165) is 29.8 Å².